The molecule has 8 heteroatoms. The monoisotopic (exact) mass is 411 g/mol. The molecule has 1 fully saturated rings. The summed E-state index contributed by atoms with van der Waals surface area (Å²) in [5.41, 5.74) is 1.90. The van der Waals surface area contributed by atoms with E-state index in [1.807, 2.05) is 43.3 Å². The first-order valence-electron chi connectivity index (χ1n) is 9.78. The van der Waals surface area contributed by atoms with Crippen molar-refractivity contribution in [1.29, 1.82) is 0 Å². The van der Waals surface area contributed by atoms with Gasteiger partial charge in [-0.25, -0.2) is 4.79 Å². The number of aliphatic hydroxyl groups is 1. The first-order valence-corrected chi connectivity index (χ1v) is 9.78. The maximum atomic E-state index is 11.6. The van der Waals surface area contributed by atoms with Gasteiger partial charge in [0.15, 0.2) is 11.5 Å². The van der Waals surface area contributed by atoms with Crippen LogP contribution in [0.3, 0.4) is 0 Å². The number of para-hydroxylation sites is 2. The molecule has 3 N–H and O–H groups in total. The number of hydrogen-bond donors (Lipinski definition) is 3. The molecule has 0 radical (unpaired) electrons. The van der Waals surface area contributed by atoms with Crippen molar-refractivity contribution in [2.45, 2.75) is 25.9 Å². The largest absolute Gasteiger partial charge is 0.493 e. The van der Waals surface area contributed by atoms with E-state index < -0.39 is 17.6 Å². The van der Waals surface area contributed by atoms with E-state index in [1.54, 1.807) is 20.1 Å². The molecule has 3 aromatic rings. The molecule has 0 bridgehead atoms. The lowest BCUT2D eigenvalue weighted by atomic mass is 9.72. The van der Waals surface area contributed by atoms with Crippen LogP contribution in [0, 0.1) is 5.41 Å². The van der Waals surface area contributed by atoms with Crippen molar-refractivity contribution >= 4 is 17.1 Å². The standard InChI is InChI=1S/C22H25N3O5/c1-13(26)22(2)12-25(21(27)28)11-15(22)14-8-9-18(29-3)19(10-14)30-20-23-16-6-4-5-7-17(16)24-20/h4-10,13,15,26H,11-12H2,1-3H3,(H,23,24)(H,27,28)/t13-,15-,22-/m0/s1. The molecule has 158 valence electrons. The number of imidazole rings is 1. The lowest BCUT2D eigenvalue weighted by Crippen LogP contribution is -2.37. The van der Waals surface area contributed by atoms with Crippen LogP contribution in [-0.2, 0) is 0 Å². The number of likely N-dealkylation sites (tertiary alicyclic amines) is 1. The van der Waals surface area contributed by atoms with Crippen LogP contribution in [0.4, 0.5) is 4.79 Å². The molecule has 0 spiro atoms. The smallest absolute Gasteiger partial charge is 0.407 e. The van der Waals surface area contributed by atoms with Crippen LogP contribution < -0.4 is 9.47 Å². The van der Waals surface area contributed by atoms with E-state index in [-0.39, 0.29) is 12.5 Å². The summed E-state index contributed by atoms with van der Waals surface area (Å²) >= 11 is 0. The van der Waals surface area contributed by atoms with Crippen LogP contribution in [0.2, 0.25) is 0 Å². The molecule has 1 aromatic heterocycles. The number of aliphatic hydroxyl groups excluding tert-OH is 1. The van der Waals surface area contributed by atoms with Gasteiger partial charge in [0.1, 0.15) is 0 Å². The van der Waals surface area contributed by atoms with E-state index in [0.717, 1.165) is 16.6 Å². The highest BCUT2D eigenvalue weighted by Crippen LogP contribution is 2.47. The second-order valence-electron chi connectivity index (χ2n) is 7.97. The number of nitrogens with one attached hydrogen (secondary N) is 1. The van der Waals surface area contributed by atoms with Gasteiger partial charge in [0.05, 0.1) is 24.2 Å². The summed E-state index contributed by atoms with van der Waals surface area (Å²) in [7, 11) is 1.56. The maximum absolute atomic E-state index is 11.6. The Morgan fingerprint density at radius 3 is 2.73 bits per heavy atom. The first-order chi connectivity index (χ1) is 14.3. The molecule has 30 heavy (non-hydrogen) atoms. The van der Waals surface area contributed by atoms with Gasteiger partial charge in [-0.1, -0.05) is 25.1 Å². The number of carbonyl (C=O) groups is 1. The van der Waals surface area contributed by atoms with E-state index in [0.29, 0.717) is 24.1 Å². The number of amides is 1. The number of aromatic amines is 1. The fourth-order valence-electron chi connectivity index (χ4n) is 4.14. The Balaban J connectivity index is 1.70. The molecule has 1 aliphatic heterocycles. The third-order valence-corrected chi connectivity index (χ3v) is 6.12. The fourth-order valence-corrected chi connectivity index (χ4v) is 4.14. The van der Waals surface area contributed by atoms with Gasteiger partial charge in [0.25, 0.3) is 6.01 Å². The van der Waals surface area contributed by atoms with Crippen LogP contribution in [0.25, 0.3) is 11.0 Å². The molecule has 0 saturated carbocycles. The maximum Gasteiger partial charge on any atom is 0.407 e. The number of H-pyrrole nitrogens is 1. The minimum absolute atomic E-state index is 0.197. The number of aromatic nitrogens is 2. The van der Waals surface area contributed by atoms with E-state index in [9.17, 15) is 15.0 Å². The van der Waals surface area contributed by atoms with Crippen molar-refractivity contribution < 1.29 is 24.5 Å². The molecule has 1 saturated heterocycles. The first kappa shape index (κ1) is 20.0. The lowest BCUT2D eigenvalue weighted by molar-refractivity contribution is 0.0481. The average molecular weight is 411 g/mol. The van der Waals surface area contributed by atoms with Gasteiger partial charge in [-0.2, -0.15) is 4.98 Å². The average Bonchev–Trinajstić information content (AvgIpc) is 3.29. The molecule has 8 nitrogen and oxygen atoms in total. The fraction of sp³-hybridized carbons (Fsp3) is 0.364. The summed E-state index contributed by atoms with van der Waals surface area (Å²) in [5.74, 6) is 0.805. The van der Waals surface area contributed by atoms with Crippen LogP contribution in [0.5, 0.6) is 17.5 Å². The number of rotatable bonds is 5. The summed E-state index contributed by atoms with van der Waals surface area (Å²) in [5, 5.41) is 19.9. The minimum atomic E-state index is -0.989. The van der Waals surface area contributed by atoms with Gasteiger partial charge in [0, 0.05) is 24.4 Å². The second-order valence-corrected chi connectivity index (χ2v) is 7.97. The van der Waals surface area contributed by atoms with Crippen LogP contribution >= 0.6 is 0 Å². The number of hydrogen-bond acceptors (Lipinski definition) is 5. The van der Waals surface area contributed by atoms with Crippen LogP contribution in [-0.4, -0.2) is 57.5 Å². The third kappa shape index (κ3) is 3.43. The van der Waals surface area contributed by atoms with Gasteiger partial charge in [-0.3, -0.25) is 0 Å². The van der Waals surface area contributed by atoms with Crippen molar-refractivity contribution in [2.24, 2.45) is 5.41 Å². The van der Waals surface area contributed by atoms with E-state index in [2.05, 4.69) is 9.97 Å². The summed E-state index contributed by atoms with van der Waals surface area (Å²) in [6, 6.07) is 13.5. The van der Waals surface area contributed by atoms with Crippen LogP contribution in [0.15, 0.2) is 42.5 Å². The highest BCUT2D eigenvalue weighted by atomic mass is 16.5. The van der Waals surface area contributed by atoms with Gasteiger partial charge < -0.3 is 29.6 Å². The van der Waals surface area contributed by atoms with E-state index >= 15 is 0 Å². The van der Waals surface area contributed by atoms with Crippen molar-refractivity contribution in [3.63, 3.8) is 0 Å². The number of benzene rings is 2. The topological polar surface area (TPSA) is 108 Å². The van der Waals surface area contributed by atoms with Gasteiger partial charge in [0.2, 0.25) is 0 Å². The molecule has 2 heterocycles. The molecule has 4 rings (SSSR count). The highest BCUT2D eigenvalue weighted by molar-refractivity contribution is 5.75. The summed E-state index contributed by atoms with van der Waals surface area (Å²) in [4.78, 5) is 20.5. The predicted molar refractivity (Wildman–Crippen MR) is 111 cm³/mol. The molecular weight excluding hydrogens is 386 g/mol. The quantitative estimate of drug-likeness (QED) is 0.589. The predicted octanol–water partition coefficient (Wildman–Crippen LogP) is 3.83. The third-order valence-electron chi connectivity index (χ3n) is 6.12. The molecular formula is C22H25N3O5. The van der Waals surface area contributed by atoms with Crippen molar-refractivity contribution in [1.82, 2.24) is 14.9 Å². The van der Waals surface area contributed by atoms with Crippen molar-refractivity contribution in [3.05, 3.63) is 48.0 Å². The molecule has 1 aliphatic rings. The number of carboxylic acid groups (broad SMARTS) is 1. The Bertz CT molecular complexity index is 1050. The lowest BCUT2D eigenvalue weighted by Gasteiger charge is -2.33. The summed E-state index contributed by atoms with van der Waals surface area (Å²) < 4.78 is 11.5. The zero-order valence-corrected chi connectivity index (χ0v) is 17.1. The van der Waals surface area contributed by atoms with Crippen molar-refractivity contribution in [3.8, 4) is 17.5 Å². The van der Waals surface area contributed by atoms with E-state index in [4.69, 9.17) is 9.47 Å². The molecule has 0 aliphatic carbocycles. The van der Waals surface area contributed by atoms with Gasteiger partial charge >= 0.3 is 6.09 Å². The number of methoxy groups -OCH3 is 1. The zero-order valence-electron chi connectivity index (χ0n) is 17.1. The Hall–Kier alpha value is -3.26. The number of fused-ring (bicyclic) bond motifs is 1. The zero-order chi connectivity index (χ0) is 21.5. The Morgan fingerprint density at radius 1 is 1.30 bits per heavy atom. The summed E-state index contributed by atoms with van der Waals surface area (Å²) in [6.45, 7) is 4.17. The summed E-state index contributed by atoms with van der Waals surface area (Å²) in [6.07, 6.45) is -1.68. The highest BCUT2D eigenvalue weighted by Gasteiger charge is 2.48. The second kappa shape index (κ2) is 7.53. The Morgan fingerprint density at radius 2 is 2.07 bits per heavy atom. The molecule has 0 unspecified atom stereocenters. The number of ether oxygens (including phenoxy) is 2. The van der Waals surface area contributed by atoms with Gasteiger partial charge in [-0.05, 0) is 36.8 Å². The molecule has 2 aromatic carbocycles. The normalized spacial score (nSPS) is 22.3. The Labute approximate surface area is 174 Å². The molecule has 3 atom stereocenters. The van der Waals surface area contributed by atoms with E-state index in [1.165, 1.54) is 4.90 Å². The van der Waals surface area contributed by atoms with Crippen LogP contribution in [0.1, 0.15) is 25.3 Å². The molecule has 1 amide bonds. The van der Waals surface area contributed by atoms with Gasteiger partial charge in [-0.15, -0.1) is 0 Å². The number of nitrogens with zero attached hydrogens (tertiary/aromatic N) is 2. The minimum Gasteiger partial charge on any atom is -0.493 e. The SMILES string of the molecule is COc1ccc([C@@H]2CN(C(=O)O)C[C@@]2(C)[C@H](C)O)cc1Oc1nc2ccccc2[nH]1. The van der Waals surface area contributed by atoms with Crippen molar-refractivity contribution in [2.75, 3.05) is 20.2 Å². The Kier molecular flexibility index (Phi) is 5.03.